The maximum Gasteiger partial charge on any atom is 0.257 e. The summed E-state index contributed by atoms with van der Waals surface area (Å²) < 4.78 is 7.67. The molecule has 6 rings (SSSR count). The highest BCUT2D eigenvalue weighted by Gasteiger charge is 2.34. The number of thiophene rings is 1. The molecule has 0 aliphatic carbocycles. The van der Waals surface area contributed by atoms with Crippen LogP contribution in [0.2, 0.25) is 5.02 Å². The number of nitrogens with zero attached hydrogens (tertiary/aromatic N) is 3. The lowest BCUT2D eigenvalue weighted by Gasteiger charge is -2.26. The van der Waals surface area contributed by atoms with Gasteiger partial charge in [-0.05, 0) is 55.3 Å². The first-order valence-corrected chi connectivity index (χ1v) is 14.0. The first kappa shape index (κ1) is 25.8. The predicted octanol–water partition coefficient (Wildman–Crippen LogP) is 5.02. The second-order valence-electron chi connectivity index (χ2n) is 9.87. The number of nitrogens with one attached hydrogen (secondary N) is 1. The summed E-state index contributed by atoms with van der Waals surface area (Å²) in [6, 6.07) is 16.4. The number of aliphatic hydroxyl groups is 1. The largest absolute Gasteiger partial charge is 0.438 e. The van der Waals surface area contributed by atoms with Crippen LogP contribution >= 0.6 is 22.9 Å². The number of rotatable bonds is 7. The molecular weight excluding hydrogens is 536 g/mol. The van der Waals surface area contributed by atoms with Gasteiger partial charge in [0.25, 0.3) is 5.91 Å². The Bertz CT molecular complexity index is 1690. The summed E-state index contributed by atoms with van der Waals surface area (Å²) in [7, 11) is 1.84. The molecule has 1 fully saturated rings. The van der Waals surface area contributed by atoms with Gasteiger partial charge < -0.3 is 19.4 Å². The third kappa shape index (κ3) is 5.10. The van der Waals surface area contributed by atoms with Crippen molar-refractivity contribution in [1.82, 2.24) is 19.8 Å². The number of hydrogen-bond donors (Lipinski definition) is 2. The number of fused-ring (bicyclic) bond motifs is 2. The molecule has 0 spiro atoms. The van der Waals surface area contributed by atoms with Crippen molar-refractivity contribution >= 4 is 50.2 Å². The van der Waals surface area contributed by atoms with Gasteiger partial charge in [0.2, 0.25) is 11.3 Å². The molecule has 0 saturated carbocycles. The Morgan fingerprint density at radius 3 is 2.85 bits per heavy atom. The van der Waals surface area contributed by atoms with Crippen LogP contribution in [0, 0.1) is 0 Å². The van der Waals surface area contributed by atoms with Crippen LogP contribution in [-0.2, 0) is 20.1 Å². The summed E-state index contributed by atoms with van der Waals surface area (Å²) in [5.41, 5.74) is 2.09. The number of likely N-dealkylation sites (tertiary alicyclic amines) is 1. The fourth-order valence-electron chi connectivity index (χ4n) is 5.22. The van der Waals surface area contributed by atoms with E-state index in [9.17, 15) is 14.7 Å². The maximum absolute atomic E-state index is 13.3. The van der Waals surface area contributed by atoms with Gasteiger partial charge in [-0.15, -0.1) is 11.3 Å². The van der Waals surface area contributed by atoms with E-state index in [0.717, 1.165) is 40.2 Å². The lowest BCUT2D eigenvalue weighted by Crippen LogP contribution is -2.34. The number of benzene rings is 2. The van der Waals surface area contributed by atoms with Crippen molar-refractivity contribution in [3.8, 4) is 0 Å². The molecule has 2 atom stereocenters. The number of hydrogen-bond acceptors (Lipinski definition) is 7. The normalized spacial score (nSPS) is 16.7. The highest BCUT2D eigenvalue weighted by atomic mass is 35.5. The van der Waals surface area contributed by atoms with E-state index < -0.39 is 12.0 Å². The highest BCUT2D eigenvalue weighted by molar-refractivity contribution is 7.18. The molecule has 3 aromatic heterocycles. The Kier molecular flexibility index (Phi) is 6.99. The zero-order valence-corrected chi connectivity index (χ0v) is 22.8. The van der Waals surface area contributed by atoms with Crippen molar-refractivity contribution in [2.24, 2.45) is 7.05 Å². The number of para-hydroxylation sites is 2. The van der Waals surface area contributed by atoms with Gasteiger partial charge in [-0.2, -0.15) is 0 Å². The molecule has 10 heteroatoms. The average molecular weight is 563 g/mol. The summed E-state index contributed by atoms with van der Waals surface area (Å²) in [6.07, 6.45) is 2.52. The van der Waals surface area contributed by atoms with Gasteiger partial charge >= 0.3 is 0 Å². The fourth-order valence-corrected chi connectivity index (χ4v) is 6.46. The van der Waals surface area contributed by atoms with Crippen LogP contribution in [0.15, 0.2) is 70.0 Å². The third-order valence-electron chi connectivity index (χ3n) is 7.21. The Hall–Kier alpha value is -3.50. The van der Waals surface area contributed by atoms with E-state index in [0.29, 0.717) is 35.0 Å². The molecule has 1 aliphatic rings. The molecule has 2 N–H and O–H groups in total. The van der Waals surface area contributed by atoms with Gasteiger partial charge in [-0.3, -0.25) is 14.5 Å². The second kappa shape index (κ2) is 10.6. The first-order valence-electron chi connectivity index (χ1n) is 12.8. The zero-order chi connectivity index (χ0) is 27.1. The van der Waals surface area contributed by atoms with Crippen LogP contribution in [0.4, 0.5) is 0 Å². The van der Waals surface area contributed by atoms with Crippen LogP contribution < -0.4 is 10.7 Å². The number of aromatic nitrogens is 2. The molecule has 1 unspecified atom stereocenters. The van der Waals surface area contributed by atoms with E-state index in [1.807, 2.05) is 54.1 Å². The van der Waals surface area contributed by atoms with Crippen LogP contribution in [-0.4, -0.2) is 38.1 Å². The molecule has 0 bridgehead atoms. The third-order valence-corrected chi connectivity index (χ3v) is 8.67. The van der Waals surface area contributed by atoms with E-state index >= 15 is 0 Å². The number of aryl methyl sites for hydroxylation is 1. The van der Waals surface area contributed by atoms with Crippen molar-refractivity contribution in [2.75, 3.05) is 6.54 Å². The lowest BCUT2D eigenvalue weighted by molar-refractivity contribution is 0.0503. The molecule has 2 aromatic carbocycles. The van der Waals surface area contributed by atoms with E-state index in [1.54, 1.807) is 18.3 Å². The number of carbonyl (C=O) groups excluding carboxylic acids is 1. The summed E-state index contributed by atoms with van der Waals surface area (Å²) in [6.45, 7) is 1.70. The lowest BCUT2D eigenvalue weighted by atomic mass is 10.1. The van der Waals surface area contributed by atoms with Crippen molar-refractivity contribution in [2.45, 2.75) is 38.1 Å². The van der Waals surface area contributed by atoms with E-state index in [1.165, 1.54) is 11.3 Å². The van der Waals surface area contributed by atoms with Gasteiger partial charge in [-0.25, -0.2) is 4.98 Å². The summed E-state index contributed by atoms with van der Waals surface area (Å²) >= 11 is 7.46. The summed E-state index contributed by atoms with van der Waals surface area (Å²) in [5, 5.41) is 15.1. The molecule has 1 amide bonds. The number of pyridine rings is 1. The van der Waals surface area contributed by atoms with Gasteiger partial charge in [0.1, 0.15) is 22.0 Å². The number of aliphatic hydroxyl groups excluding tert-OH is 1. The molecule has 4 heterocycles. The molecule has 8 nitrogen and oxygen atoms in total. The molecular formula is C29H27ClN4O4S. The van der Waals surface area contributed by atoms with Gasteiger partial charge in [0.05, 0.1) is 5.39 Å². The molecule has 0 radical (unpaired) electrons. The molecule has 1 saturated heterocycles. The SMILES string of the molecule is Cn1cc(C(=O)NCc2ccc(Cl)cc2)c(=O)c2cc(CN3CCCC3[C@@H](O)c3nc4ccccc4o3)sc21. The smallest absolute Gasteiger partial charge is 0.257 e. The molecule has 200 valence electrons. The van der Waals surface area contributed by atoms with Crippen molar-refractivity contribution in [1.29, 1.82) is 0 Å². The van der Waals surface area contributed by atoms with E-state index in [4.69, 9.17) is 16.0 Å². The van der Waals surface area contributed by atoms with Crippen molar-refractivity contribution in [3.63, 3.8) is 0 Å². The molecule has 39 heavy (non-hydrogen) atoms. The first-order chi connectivity index (χ1) is 18.9. The van der Waals surface area contributed by atoms with Crippen LogP contribution in [0.5, 0.6) is 0 Å². The minimum absolute atomic E-state index is 0.105. The summed E-state index contributed by atoms with van der Waals surface area (Å²) in [4.78, 5) is 34.7. The maximum atomic E-state index is 13.3. The van der Waals surface area contributed by atoms with Crippen LogP contribution in [0.25, 0.3) is 21.3 Å². The minimum Gasteiger partial charge on any atom is -0.438 e. The van der Waals surface area contributed by atoms with Crippen LogP contribution in [0.3, 0.4) is 0 Å². The second-order valence-corrected chi connectivity index (χ2v) is 11.4. The van der Waals surface area contributed by atoms with E-state index in [2.05, 4.69) is 15.2 Å². The Morgan fingerprint density at radius 2 is 2.05 bits per heavy atom. The van der Waals surface area contributed by atoms with Gasteiger partial charge in [0, 0.05) is 42.3 Å². The van der Waals surface area contributed by atoms with Crippen LogP contribution in [0.1, 0.15) is 45.6 Å². The zero-order valence-electron chi connectivity index (χ0n) is 21.3. The topological polar surface area (TPSA) is 101 Å². The number of halogens is 1. The Labute approximate surface area is 233 Å². The molecule has 1 aliphatic heterocycles. The van der Waals surface area contributed by atoms with Gasteiger partial charge in [-0.1, -0.05) is 35.9 Å². The van der Waals surface area contributed by atoms with E-state index in [-0.39, 0.29) is 17.0 Å². The predicted molar refractivity (Wildman–Crippen MR) is 152 cm³/mol. The summed E-state index contributed by atoms with van der Waals surface area (Å²) in [5.74, 6) is -0.0896. The number of oxazole rings is 1. The van der Waals surface area contributed by atoms with Gasteiger partial charge in [0.15, 0.2) is 5.58 Å². The number of carbonyl (C=O) groups is 1. The fraction of sp³-hybridized carbons (Fsp3) is 0.276. The monoisotopic (exact) mass is 562 g/mol. The van der Waals surface area contributed by atoms with Crippen molar-refractivity contribution < 1.29 is 14.3 Å². The molecule has 5 aromatic rings. The Morgan fingerprint density at radius 1 is 1.26 bits per heavy atom. The highest BCUT2D eigenvalue weighted by Crippen LogP contribution is 2.33. The number of amides is 1. The average Bonchev–Trinajstić information content (AvgIpc) is 3.68. The quantitative estimate of drug-likeness (QED) is 0.289. The standard InChI is InChI=1S/C29H27ClN4O4S/c1-33-16-21(27(37)31-14-17-8-10-18(30)11-9-17)25(35)20-13-19(39-29(20)33)15-34-12-4-6-23(34)26(36)28-32-22-5-2-3-7-24(22)38-28/h2-3,5,7-11,13,16,23,26,36H,4,6,12,14-15H2,1H3,(H,31,37)/t23?,26-/m1/s1. The van der Waals surface area contributed by atoms with Crippen molar-refractivity contribution in [3.05, 3.63) is 97.9 Å². The minimum atomic E-state index is -0.851. The Balaban J connectivity index is 1.20.